The molecule has 0 heterocycles. The molecule has 0 saturated heterocycles. The first-order valence-corrected chi connectivity index (χ1v) is 5.68. The van der Waals surface area contributed by atoms with E-state index in [1.807, 2.05) is 13.8 Å². The Morgan fingerprint density at radius 3 is 2.38 bits per heavy atom. The maximum absolute atomic E-state index is 11.9. The summed E-state index contributed by atoms with van der Waals surface area (Å²) in [7, 11) is 0. The Kier molecular flexibility index (Phi) is 4.29. The standard InChI is InChI=1S/C11H20N2O3/c1-7(2)10(12)11(16)13(6-9(14)15)5-8-3-4-8/h7-8,10H,3-6,12H2,1-2H3,(H,14,15)/t10-/m0/s1. The Bertz CT molecular complexity index is 274. The smallest absolute Gasteiger partial charge is 0.323 e. The molecule has 5 heteroatoms. The molecule has 0 spiro atoms. The topological polar surface area (TPSA) is 83.6 Å². The number of carbonyl (C=O) groups excluding carboxylic acids is 1. The molecule has 3 N–H and O–H groups in total. The van der Waals surface area contributed by atoms with Crippen molar-refractivity contribution >= 4 is 11.9 Å². The second-order valence-electron chi connectivity index (χ2n) is 4.83. The van der Waals surface area contributed by atoms with Crippen LogP contribution in [0.1, 0.15) is 26.7 Å². The number of carboxylic acid groups (broad SMARTS) is 1. The number of nitrogens with two attached hydrogens (primary N) is 1. The van der Waals surface area contributed by atoms with Gasteiger partial charge in [0, 0.05) is 6.54 Å². The fraction of sp³-hybridized carbons (Fsp3) is 0.818. The van der Waals surface area contributed by atoms with E-state index in [9.17, 15) is 9.59 Å². The van der Waals surface area contributed by atoms with Gasteiger partial charge in [-0.1, -0.05) is 13.8 Å². The largest absolute Gasteiger partial charge is 0.480 e. The van der Waals surface area contributed by atoms with Gasteiger partial charge in [-0.2, -0.15) is 0 Å². The van der Waals surface area contributed by atoms with Crippen molar-refractivity contribution in [2.75, 3.05) is 13.1 Å². The molecule has 0 aromatic heterocycles. The van der Waals surface area contributed by atoms with Crippen molar-refractivity contribution in [2.24, 2.45) is 17.6 Å². The lowest BCUT2D eigenvalue weighted by atomic mass is 10.0. The Balaban J connectivity index is 2.58. The highest BCUT2D eigenvalue weighted by atomic mass is 16.4. The summed E-state index contributed by atoms with van der Waals surface area (Å²) < 4.78 is 0. The van der Waals surface area contributed by atoms with Crippen LogP contribution < -0.4 is 5.73 Å². The summed E-state index contributed by atoms with van der Waals surface area (Å²) in [6.45, 7) is 4.01. The van der Waals surface area contributed by atoms with Crippen LogP contribution in [0.3, 0.4) is 0 Å². The highest BCUT2D eigenvalue weighted by molar-refractivity contribution is 5.85. The third-order valence-corrected chi connectivity index (χ3v) is 2.82. The minimum Gasteiger partial charge on any atom is -0.480 e. The number of amides is 1. The maximum atomic E-state index is 11.9. The summed E-state index contributed by atoms with van der Waals surface area (Å²) in [4.78, 5) is 24.0. The van der Waals surface area contributed by atoms with E-state index in [1.165, 1.54) is 4.90 Å². The number of aliphatic carboxylic acids is 1. The van der Waals surface area contributed by atoms with Crippen molar-refractivity contribution in [1.82, 2.24) is 4.90 Å². The Morgan fingerprint density at radius 2 is 2.00 bits per heavy atom. The molecule has 0 bridgehead atoms. The average Bonchev–Trinajstić information content (AvgIpc) is 2.97. The molecule has 5 nitrogen and oxygen atoms in total. The first-order valence-electron chi connectivity index (χ1n) is 5.68. The number of hydrogen-bond donors (Lipinski definition) is 2. The zero-order valence-corrected chi connectivity index (χ0v) is 9.85. The third kappa shape index (κ3) is 3.81. The minimum absolute atomic E-state index is 0.0306. The number of hydrogen-bond acceptors (Lipinski definition) is 3. The van der Waals surface area contributed by atoms with Crippen molar-refractivity contribution in [1.29, 1.82) is 0 Å². The van der Waals surface area contributed by atoms with E-state index in [0.717, 1.165) is 12.8 Å². The van der Waals surface area contributed by atoms with Crippen LogP contribution in [-0.4, -0.2) is 41.0 Å². The monoisotopic (exact) mass is 228 g/mol. The van der Waals surface area contributed by atoms with Gasteiger partial charge in [-0.3, -0.25) is 9.59 Å². The molecule has 0 unspecified atom stereocenters. The second-order valence-corrected chi connectivity index (χ2v) is 4.83. The van der Waals surface area contributed by atoms with Crippen LogP contribution in [0.15, 0.2) is 0 Å². The van der Waals surface area contributed by atoms with Gasteiger partial charge in [-0.15, -0.1) is 0 Å². The van der Waals surface area contributed by atoms with Gasteiger partial charge in [0.25, 0.3) is 0 Å². The van der Waals surface area contributed by atoms with Gasteiger partial charge in [0.2, 0.25) is 5.91 Å². The predicted molar refractivity (Wildman–Crippen MR) is 59.8 cm³/mol. The molecule has 1 atom stereocenters. The predicted octanol–water partition coefficient (Wildman–Crippen LogP) is 0.293. The zero-order valence-electron chi connectivity index (χ0n) is 9.85. The number of nitrogens with zero attached hydrogens (tertiary/aromatic N) is 1. The summed E-state index contributed by atoms with van der Waals surface area (Å²) in [5.41, 5.74) is 5.75. The second kappa shape index (κ2) is 5.30. The van der Waals surface area contributed by atoms with Crippen molar-refractivity contribution < 1.29 is 14.7 Å². The van der Waals surface area contributed by atoms with E-state index in [-0.39, 0.29) is 18.4 Å². The van der Waals surface area contributed by atoms with Gasteiger partial charge in [0.05, 0.1) is 6.04 Å². The van der Waals surface area contributed by atoms with Crippen molar-refractivity contribution in [3.8, 4) is 0 Å². The molecule has 92 valence electrons. The van der Waals surface area contributed by atoms with Gasteiger partial charge in [0.15, 0.2) is 0 Å². The molecule has 0 aromatic rings. The Hall–Kier alpha value is -1.10. The molecule has 1 saturated carbocycles. The molecule has 0 radical (unpaired) electrons. The molecule has 0 aromatic carbocycles. The van der Waals surface area contributed by atoms with E-state index in [2.05, 4.69) is 0 Å². The van der Waals surface area contributed by atoms with Gasteiger partial charge in [-0.05, 0) is 24.7 Å². The quantitative estimate of drug-likeness (QED) is 0.684. The van der Waals surface area contributed by atoms with Crippen LogP contribution in [0, 0.1) is 11.8 Å². The fourth-order valence-corrected chi connectivity index (χ4v) is 1.50. The lowest BCUT2D eigenvalue weighted by molar-refractivity contribution is -0.145. The minimum atomic E-state index is -0.982. The van der Waals surface area contributed by atoms with Crippen LogP contribution in [0.2, 0.25) is 0 Å². The number of rotatable bonds is 6. The SMILES string of the molecule is CC(C)[C@H](N)C(=O)N(CC(=O)O)CC1CC1. The molecular formula is C11H20N2O3. The summed E-state index contributed by atoms with van der Waals surface area (Å²) in [6, 6.07) is -0.599. The van der Waals surface area contributed by atoms with Crippen LogP contribution in [0.5, 0.6) is 0 Å². The summed E-state index contributed by atoms with van der Waals surface area (Å²) in [5, 5.41) is 8.75. The highest BCUT2D eigenvalue weighted by Gasteiger charge is 2.30. The highest BCUT2D eigenvalue weighted by Crippen LogP contribution is 2.29. The van der Waals surface area contributed by atoms with Crippen molar-refractivity contribution in [3.05, 3.63) is 0 Å². The van der Waals surface area contributed by atoms with Crippen LogP contribution in [0.25, 0.3) is 0 Å². The molecule has 0 aliphatic heterocycles. The summed E-state index contributed by atoms with van der Waals surface area (Å²) >= 11 is 0. The van der Waals surface area contributed by atoms with Crippen molar-refractivity contribution in [2.45, 2.75) is 32.7 Å². The van der Waals surface area contributed by atoms with E-state index in [4.69, 9.17) is 10.8 Å². The van der Waals surface area contributed by atoms with Gasteiger partial charge < -0.3 is 15.7 Å². The molecule has 1 rings (SSSR count). The molecule has 1 fully saturated rings. The maximum Gasteiger partial charge on any atom is 0.323 e. The van der Waals surface area contributed by atoms with Crippen LogP contribution >= 0.6 is 0 Å². The number of carboxylic acids is 1. The summed E-state index contributed by atoms with van der Waals surface area (Å²) in [6.07, 6.45) is 2.17. The van der Waals surface area contributed by atoms with Crippen LogP contribution in [-0.2, 0) is 9.59 Å². The molecule has 1 aliphatic rings. The van der Waals surface area contributed by atoms with Gasteiger partial charge >= 0.3 is 5.97 Å². The zero-order chi connectivity index (χ0) is 12.3. The Morgan fingerprint density at radius 1 is 1.44 bits per heavy atom. The lowest BCUT2D eigenvalue weighted by Gasteiger charge is -2.25. The molecule has 1 aliphatic carbocycles. The van der Waals surface area contributed by atoms with Crippen molar-refractivity contribution in [3.63, 3.8) is 0 Å². The number of carbonyl (C=O) groups is 2. The lowest BCUT2D eigenvalue weighted by Crippen LogP contribution is -2.48. The van der Waals surface area contributed by atoms with Crippen LogP contribution in [0.4, 0.5) is 0 Å². The fourth-order valence-electron chi connectivity index (χ4n) is 1.50. The Labute approximate surface area is 95.6 Å². The van der Waals surface area contributed by atoms with Gasteiger partial charge in [-0.25, -0.2) is 0 Å². The normalized spacial score (nSPS) is 17.2. The first kappa shape index (κ1) is 13.0. The average molecular weight is 228 g/mol. The summed E-state index contributed by atoms with van der Waals surface area (Å²) in [5.74, 6) is -0.722. The van der Waals surface area contributed by atoms with E-state index < -0.39 is 12.0 Å². The van der Waals surface area contributed by atoms with Gasteiger partial charge in [0.1, 0.15) is 6.54 Å². The van der Waals surface area contributed by atoms with E-state index in [0.29, 0.717) is 12.5 Å². The molecule has 1 amide bonds. The first-order chi connectivity index (χ1) is 7.41. The van der Waals surface area contributed by atoms with E-state index in [1.54, 1.807) is 0 Å². The van der Waals surface area contributed by atoms with E-state index >= 15 is 0 Å². The third-order valence-electron chi connectivity index (χ3n) is 2.82. The molecule has 16 heavy (non-hydrogen) atoms. The molecular weight excluding hydrogens is 208 g/mol.